The molecule has 17 heavy (non-hydrogen) atoms. The number of rotatable bonds is 3. The van der Waals surface area contributed by atoms with Crippen LogP contribution < -0.4 is 0 Å². The van der Waals surface area contributed by atoms with Crippen molar-refractivity contribution in [2.75, 3.05) is 0 Å². The molecule has 2 nitrogen and oxygen atoms in total. The van der Waals surface area contributed by atoms with Gasteiger partial charge in [-0.05, 0) is 17.7 Å². The molecule has 0 radical (unpaired) electrons. The van der Waals surface area contributed by atoms with Gasteiger partial charge in [0.1, 0.15) is 0 Å². The number of hydroxylamine groups is 1. The summed E-state index contributed by atoms with van der Waals surface area (Å²) in [6, 6.07) is 19.2. The molecular formula is C15H13NO. The van der Waals surface area contributed by atoms with Crippen molar-refractivity contribution in [3.05, 3.63) is 83.2 Å². The van der Waals surface area contributed by atoms with Gasteiger partial charge in [0.2, 0.25) is 0 Å². The van der Waals surface area contributed by atoms with Crippen LogP contribution in [0.25, 0.3) is 6.08 Å². The minimum absolute atomic E-state index is 0.808. The lowest BCUT2D eigenvalue weighted by Crippen LogP contribution is -1.96. The summed E-state index contributed by atoms with van der Waals surface area (Å²) in [6.45, 7) is 0. The molecule has 0 heterocycles. The third-order valence-electron chi connectivity index (χ3n) is 2.29. The van der Waals surface area contributed by atoms with E-state index >= 15 is 0 Å². The van der Waals surface area contributed by atoms with Crippen LogP contribution in [0.5, 0.6) is 0 Å². The molecule has 0 atom stereocenters. The van der Waals surface area contributed by atoms with Crippen molar-refractivity contribution in [3.63, 3.8) is 0 Å². The van der Waals surface area contributed by atoms with Crippen molar-refractivity contribution >= 4 is 12.3 Å². The monoisotopic (exact) mass is 223 g/mol. The lowest BCUT2D eigenvalue weighted by molar-refractivity contribution is -0.370. The Bertz CT molecular complexity index is 515. The Morgan fingerprint density at radius 1 is 0.765 bits per heavy atom. The molecule has 0 spiro atoms. The van der Waals surface area contributed by atoms with E-state index in [-0.39, 0.29) is 0 Å². The highest BCUT2D eigenvalue weighted by Crippen LogP contribution is 2.01. The van der Waals surface area contributed by atoms with Crippen LogP contribution in [0.3, 0.4) is 0 Å². The third-order valence-corrected chi connectivity index (χ3v) is 2.29. The zero-order valence-corrected chi connectivity index (χ0v) is 9.36. The first kappa shape index (κ1) is 11.1. The van der Waals surface area contributed by atoms with Crippen LogP contribution in [-0.4, -0.2) is 11.0 Å². The first-order chi connectivity index (χ1) is 8.34. The average Bonchev–Trinajstić information content (AvgIpc) is 2.39. The molecule has 0 fully saturated rings. The van der Waals surface area contributed by atoms with Crippen LogP contribution >= 0.6 is 0 Å². The molecule has 0 N–H and O–H groups in total. The Morgan fingerprint density at radius 3 is 1.88 bits per heavy atom. The normalized spacial score (nSPS) is 11.9. The summed E-state index contributed by atoms with van der Waals surface area (Å²) in [7, 11) is 0. The van der Waals surface area contributed by atoms with Gasteiger partial charge in [0.05, 0.1) is 0 Å². The Morgan fingerprint density at radius 2 is 1.29 bits per heavy atom. The van der Waals surface area contributed by atoms with Gasteiger partial charge in [0.15, 0.2) is 12.4 Å². The molecule has 0 aliphatic heterocycles. The SMILES string of the molecule is [O-][N+](=C\c1ccccc1)/C=C/c1ccccc1. The van der Waals surface area contributed by atoms with E-state index in [1.54, 1.807) is 12.3 Å². The molecule has 84 valence electrons. The molecule has 2 rings (SSSR count). The van der Waals surface area contributed by atoms with Crippen molar-refractivity contribution in [2.45, 2.75) is 0 Å². The lowest BCUT2D eigenvalue weighted by Gasteiger charge is -1.96. The Kier molecular flexibility index (Phi) is 3.71. The highest BCUT2D eigenvalue weighted by Gasteiger charge is 1.91. The van der Waals surface area contributed by atoms with Gasteiger partial charge in [-0.25, -0.2) is 0 Å². The molecule has 0 aliphatic rings. The van der Waals surface area contributed by atoms with Crippen LogP contribution in [0.15, 0.2) is 66.9 Å². The minimum atomic E-state index is 0.808. The van der Waals surface area contributed by atoms with Crippen molar-refractivity contribution in [3.8, 4) is 0 Å². The molecule has 2 aromatic carbocycles. The molecule has 0 unspecified atom stereocenters. The van der Waals surface area contributed by atoms with E-state index in [0.717, 1.165) is 15.9 Å². The zero-order valence-electron chi connectivity index (χ0n) is 9.36. The third kappa shape index (κ3) is 3.61. The smallest absolute Gasteiger partial charge is 0.187 e. The summed E-state index contributed by atoms with van der Waals surface area (Å²) in [5, 5.41) is 11.6. The van der Waals surface area contributed by atoms with Crippen LogP contribution in [0.1, 0.15) is 11.1 Å². The van der Waals surface area contributed by atoms with E-state index in [4.69, 9.17) is 0 Å². The van der Waals surface area contributed by atoms with Crippen LogP contribution in [0.2, 0.25) is 0 Å². The maximum atomic E-state index is 11.6. The Hall–Kier alpha value is -2.35. The van der Waals surface area contributed by atoms with Gasteiger partial charge >= 0.3 is 0 Å². The Balaban J connectivity index is 2.09. The van der Waals surface area contributed by atoms with Crippen LogP contribution in [0, 0.1) is 5.21 Å². The van der Waals surface area contributed by atoms with Crippen molar-refractivity contribution in [2.24, 2.45) is 0 Å². The number of benzene rings is 2. The number of hydrogen-bond donors (Lipinski definition) is 0. The van der Waals surface area contributed by atoms with Gasteiger partial charge in [-0.2, -0.15) is 4.74 Å². The highest BCUT2D eigenvalue weighted by atomic mass is 16.5. The summed E-state index contributed by atoms with van der Waals surface area (Å²) in [5.41, 5.74) is 1.90. The second kappa shape index (κ2) is 5.66. The average molecular weight is 223 g/mol. The van der Waals surface area contributed by atoms with E-state index in [0.29, 0.717) is 0 Å². The van der Waals surface area contributed by atoms with E-state index < -0.39 is 0 Å². The maximum absolute atomic E-state index is 11.6. The molecule has 0 aromatic heterocycles. The molecule has 0 amide bonds. The Labute approximate surface area is 101 Å². The fraction of sp³-hybridized carbons (Fsp3) is 0. The first-order valence-corrected chi connectivity index (χ1v) is 5.43. The van der Waals surface area contributed by atoms with Gasteiger partial charge in [-0.3, -0.25) is 0 Å². The summed E-state index contributed by atoms with van der Waals surface area (Å²) in [5.74, 6) is 0. The second-order valence-corrected chi connectivity index (χ2v) is 3.63. The second-order valence-electron chi connectivity index (χ2n) is 3.63. The fourth-order valence-corrected chi connectivity index (χ4v) is 1.45. The van der Waals surface area contributed by atoms with E-state index in [2.05, 4.69) is 0 Å². The largest absolute Gasteiger partial charge is 0.619 e. The maximum Gasteiger partial charge on any atom is 0.187 e. The van der Waals surface area contributed by atoms with Gasteiger partial charge in [-0.15, -0.1) is 0 Å². The number of hydrogen-bond acceptors (Lipinski definition) is 1. The highest BCUT2D eigenvalue weighted by molar-refractivity contribution is 5.75. The van der Waals surface area contributed by atoms with Gasteiger partial charge in [-0.1, -0.05) is 48.5 Å². The zero-order chi connectivity index (χ0) is 11.9. The molecule has 2 aromatic rings. The van der Waals surface area contributed by atoms with Crippen molar-refractivity contribution < 1.29 is 4.74 Å². The molecule has 0 bridgehead atoms. The van der Waals surface area contributed by atoms with Gasteiger partial charge < -0.3 is 5.21 Å². The minimum Gasteiger partial charge on any atom is -0.619 e. The molecule has 0 aliphatic carbocycles. The van der Waals surface area contributed by atoms with E-state index in [1.807, 2.05) is 60.7 Å². The molecule has 2 heteroatoms. The topological polar surface area (TPSA) is 26.1 Å². The summed E-state index contributed by atoms with van der Waals surface area (Å²) in [4.78, 5) is 0. The summed E-state index contributed by atoms with van der Waals surface area (Å²) >= 11 is 0. The fourth-order valence-electron chi connectivity index (χ4n) is 1.45. The van der Waals surface area contributed by atoms with Gasteiger partial charge in [0.25, 0.3) is 0 Å². The van der Waals surface area contributed by atoms with Crippen molar-refractivity contribution in [1.29, 1.82) is 0 Å². The van der Waals surface area contributed by atoms with Gasteiger partial charge in [0, 0.05) is 11.6 Å². The molecule has 0 saturated carbocycles. The predicted molar refractivity (Wildman–Crippen MR) is 70.7 cm³/mol. The first-order valence-electron chi connectivity index (χ1n) is 5.43. The standard InChI is InChI=1S/C15H13NO/c17-16(13-15-9-5-2-6-10-15)12-11-14-7-3-1-4-8-14/h1-13H/b12-11+,16-13-. The molecular weight excluding hydrogens is 210 g/mol. The number of nitrogens with zero attached hydrogens (tertiary/aromatic N) is 1. The quantitative estimate of drug-likeness (QED) is 0.339. The lowest BCUT2D eigenvalue weighted by atomic mass is 10.2. The summed E-state index contributed by atoms with van der Waals surface area (Å²) < 4.78 is 0.808. The van der Waals surface area contributed by atoms with E-state index in [1.165, 1.54) is 6.20 Å². The van der Waals surface area contributed by atoms with Crippen LogP contribution in [0.4, 0.5) is 0 Å². The van der Waals surface area contributed by atoms with Crippen LogP contribution in [-0.2, 0) is 0 Å². The summed E-state index contributed by atoms with van der Waals surface area (Å²) in [6.07, 6.45) is 4.83. The van der Waals surface area contributed by atoms with Crippen molar-refractivity contribution in [1.82, 2.24) is 0 Å². The predicted octanol–water partition coefficient (Wildman–Crippen LogP) is 3.29. The van der Waals surface area contributed by atoms with E-state index in [9.17, 15) is 5.21 Å². The molecule has 0 saturated heterocycles.